The van der Waals surface area contributed by atoms with E-state index in [0.29, 0.717) is 0 Å². The van der Waals surface area contributed by atoms with Crippen LogP contribution in [0, 0.1) is 0 Å². The first-order valence-electron chi connectivity index (χ1n) is 6.37. The second kappa shape index (κ2) is 6.46. The monoisotopic (exact) mass is 213 g/mol. The first-order valence-corrected chi connectivity index (χ1v) is 6.37. The van der Waals surface area contributed by atoms with Gasteiger partial charge < -0.3 is 9.80 Å². The Bertz CT molecular complexity index is 164. The fourth-order valence-corrected chi connectivity index (χ4v) is 2.40. The molecule has 0 N–H and O–H groups in total. The van der Waals surface area contributed by atoms with Crippen molar-refractivity contribution in [1.82, 2.24) is 14.7 Å². The smallest absolute Gasteiger partial charge is 0.0236 e. The summed E-state index contributed by atoms with van der Waals surface area (Å²) in [6, 6.07) is 0.846. The molecule has 0 aliphatic carbocycles. The number of piperazine rings is 1. The van der Waals surface area contributed by atoms with Crippen molar-refractivity contribution in [3.05, 3.63) is 0 Å². The summed E-state index contributed by atoms with van der Waals surface area (Å²) in [4.78, 5) is 7.54. The molecular weight excluding hydrogens is 186 g/mol. The molecule has 90 valence electrons. The Morgan fingerprint density at radius 3 is 1.87 bits per heavy atom. The summed E-state index contributed by atoms with van der Waals surface area (Å²) in [5, 5.41) is 0. The van der Waals surface area contributed by atoms with Crippen molar-refractivity contribution in [3.8, 4) is 0 Å². The average molecular weight is 213 g/mol. The van der Waals surface area contributed by atoms with E-state index in [1.807, 2.05) is 13.8 Å². The number of rotatable bonds is 1. The van der Waals surface area contributed by atoms with Crippen LogP contribution in [0.2, 0.25) is 0 Å². The molecule has 3 heteroatoms. The molecule has 3 nitrogen and oxygen atoms in total. The minimum Gasteiger partial charge on any atom is -0.305 e. The molecule has 2 fully saturated rings. The van der Waals surface area contributed by atoms with Crippen molar-refractivity contribution < 1.29 is 0 Å². The van der Waals surface area contributed by atoms with Crippen molar-refractivity contribution in [3.63, 3.8) is 0 Å². The maximum absolute atomic E-state index is 2.67. The molecule has 0 radical (unpaired) electrons. The van der Waals surface area contributed by atoms with Gasteiger partial charge in [0, 0.05) is 38.8 Å². The molecule has 0 bridgehead atoms. The van der Waals surface area contributed by atoms with Crippen LogP contribution in [0.4, 0.5) is 0 Å². The maximum atomic E-state index is 2.67. The summed E-state index contributed by atoms with van der Waals surface area (Å²) in [7, 11) is 4.45. The Kier molecular flexibility index (Phi) is 5.58. The molecular formula is C12H27N3. The van der Waals surface area contributed by atoms with Crippen LogP contribution in [0.25, 0.3) is 0 Å². The Balaban J connectivity index is 0.000000531. The molecule has 2 rings (SSSR count). The number of hydrogen-bond acceptors (Lipinski definition) is 3. The van der Waals surface area contributed by atoms with Crippen LogP contribution in [-0.2, 0) is 0 Å². The summed E-state index contributed by atoms with van der Waals surface area (Å²) in [6.07, 6.45) is 1.38. The van der Waals surface area contributed by atoms with Gasteiger partial charge in [-0.3, -0.25) is 4.90 Å². The van der Waals surface area contributed by atoms with Gasteiger partial charge in [-0.15, -0.1) is 0 Å². The Hall–Kier alpha value is -0.120. The lowest BCUT2D eigenvalue weighted by atomic mass is 10.2. The quantitative estimate of drug-likeness (QED) is 0.642. The van der Waals surface area contributed by atoms with Gasteiger partial charge in [0.05, 0.1) is 0 Å². The molecule has 2 aliphatic heterocycles. The predicted octanol–water partition coefficient (Wildman–Crippen LogP) is 0.964. The summed E-state index contributed by atoms with van der Waals surface area (Å²) in [6.45, 7) is 11.6. The van der Waals surface area contributed by atoms with E-state index in [1.54, 1.807) is 0 Å². The van der Waals surface area contributed by atoms with Gasteiger partial charge in [-0.2, -0.15) is 0 Å². The van der Waals surface area contributed by atoms with E-state index >= 15 is 0 Å². The third-order valence-corrected chi connectivity index (χ3v) is 3.42. The van der Waals surface area contributed by atoms with Crippen molar-refractivity contribution in [2.75, 3.05) is 53.4 Å². The first-order chi connectivity index (χ1) is 7.25. The maximum Gasteiger partial charge on any atom is 0.0236 e. The number of nitrogens with zero attached hydrogens (tertiary/aromatic N) is 3. The van der Waals surface area contributed by atoms with Crippen molar-refractivity contribution >= 4 is 0 Å². The van der Waals surface area contributed by atoms with E-state index in [2.05, 4.69) is 28.8 Å². The van der Waals surface area contributed by atoms with E-state index in [0.717, 1.165) is 6.04 Å². The molecule has 0 aromatic rings. The lowest BCUT2D eigenvalue weighted by molar-refractivity contribution is 0.114. The minimum atomic E-state index is 0.846. The van der Waals surface area contributed by atoms with Gasteiger partial charge in [-0.05, 0) is 27.1 Å². The van der Waals surface area contributed by atoms with Crippen molar-refractivity contribution in [2.24, 2.45) is 0 Å². The van der Waals surface area contributed by atoms with Gasteiger partial charge >= 0.3 is 0 Å². The van der Waals surface area contributed by atoms with Crippen LogP contribution in [0.1, 0.15) is 20.3 Å². The molecule has 1 unspecified atom stereocenters. The predicted molar refractivity (Wildman–Crippen MR) is 66.3 cm³/mol. The van der Waals surface area contributed by atoms with Crippen LogP contribution in [0.5, 0.6) is 0 Å². The average Bonchev–Trinajstić information content (AvgIpc) is 2.69. The summed E-state index contributed by atoms with van der Waals surface area (Å²) in [5.74, 6) is 0. The zero-order chi connectivity index (χ0) is 11.3. The van der Waals surface area contributed by atoms with Gasteiger partial charge in [-0.1, -0.05) is 13.8 Å². The lowest BCUT2D eigenvalue weighted by Gasteiger charge is -2.36. The number of hydrogen-bond donors (Lipinski definition) is 0. The molecule has 2 heterocycles. The lowest BCUT2D eigenvalue weighted by Crippen LogP contribution is -2.49. The Labute approximate surface area is 95.0 Å². The highest BCUT2D eigenvalue weighted by molar-refractivity contribution is 4.84. The van der Waals surface area contributed by atoms with Gasteiger partial charge in [0.1, 0.15) is 0 Å². The highest BCUT2D eigenvalue weighted by Gasteiger charge is 2.27. The van der Waals surface area contributed by atoms with Crippen molar-refractivity contribution in [1.29, 1.82) is 0 Å². The van der Waals surface area contributed by atoms with Gasteiger partial charge in [-0.25, -0.2) is 0 Å². The van der Waals surface area contributed by atoms with Crippen LogP contribution in [0.3, 0.4) is 0 Å². The first kappa shape index (κ1) is 12.9. The molecule has 2 aliphatic rings. The van der Waals surface area contributed by atoms with Crippen LogP contribution in [-0.4, -0.2) is 74.1 Å². The minimum absolute atomic E-state index is 0.846. The molecule has 1 atom stereocenters. The summed E-state index contributed by atoms with van der Waals surface area (Å²) < 4.78 is 0. The van der Waals surface area contributed by atoms with Gasteiger partial charge in [0.2, 0.25) is 0 Å². The van der Waals surface area contributed by atoms with Crippen LogP contribution in [0.15, 0.2) is 0 Å². The van der Waals surface area contributed by atoms with Crippen LogP contribution >= 0.6 is 0 Å². The molecule has 0 aromatic carbocycles. The standard InChI is InChI=1S/C10H21N3.C2H6/c1-11-5-7-13(8-6-11)10-3-4-12(2)9-10;1-2/h10H,3-9H2,1-2H3;1-2H3. The second-order valence-electron chi connectivity index (χ2n) is 4.54. The van der Waals surface area contributed by atoms with Gasteiger partial charge in [0.15, 0.2) is 0 Å². The number of likely N-dealkylation sites (tertiary alicyclic amines) is 1. The Morgan fingerprint density at radius 1 is 0.800 bits per heavy atom. The molecule has 0 amide bonds. The van der Waals surface area contributed by atoms with E-state index in [1.165, 1.54) is 45.7 Å². The normalized spacial score (nSPS) is 30.0. The van der Waals surface area contributed by atoms with E-state index in [9.17, 15) is 0 Å². The van der Waals surface area contributed by atoms with Crippen LogP contribution < -0.4 is 0 Å². The second-order valence-corrected chi connectivity index (χ2v) is 4.54. The van der Waals surface area contributed by atoms with Crippen molar-refractivity contribution in [2.45, 2.75) is 26.3 Å². The topological polar surface area (TPSA) is 9.72 Å². The largest absolute Gasteiger partial charge is 0.305 e. The zero-order valence-corrected chi connectivity index (χ0v) is 10.9. The molecule has 0 saturated carbocycles. The number of likely N-dealkylation sites (N-methyl/N-ethyl adjacent to an activating group) is 2. The third kappa shape index (κ3) is 3.74. The molecule has 0 spiro atoms. The highest BCUT2D eigenvalue weighted by atomic mass is 15.3. The van der Waals surface area contributed by atoms with E-state index in [4.69, 9.17) is 0 Å². The fraction of sp³-hybridized carbons (Fsp3) is 1.00. The van der Waals surface area contributed by atoms with E-state index < -0.39 is 0 Å². The highest BCUT2D eigenvalue weighted by Crippen LogP contribution is 2.15. The van der Waals surface area contributed by atoms with E-state index in [-0.39, 0.29) is 0 Å². The Morgan fingerprint density at radius 2 is 1.40 bits per heavy atom. The third-order valence-electron chi connectivity index (χ3n) is 3.42. The molecule has 2 saturated heterocycles. The SMILES string of the molecule is CC.CN1CCN(C2CCN(C)C2)CC1. The summed E-state index contributed by atoms with van der Waals surface area (Å²) in [5.41, 5.74) is 0. The molecule has 15 heavy (non-hydrogen) atoms. The fourth-order valence-electron chi connectivity index (χ4n) is 2.40. The van der Waals surface area contributed by atoms with Gasteiger partial charge in [0.25, 0.3) is 0 Å². The zero-order valence-electron chi connectivity index (χ0n) is 10.9. The molecule has 0 aromatic heterocycles. The summed E-state index contributed by atoms with van der Waals surface area (Å²) >= 11 is 0.